The fourth-order valence-corrected chi connectivity index (χ4v) is 5.37. The maximum atomic E-state index is 12.9. The molecule has 0 radical (unpaired) electrons. The summed E-state index contributed by atoms with van der Waals surface area (Å²) in [5.41, 5.74) is 2.95. The van der Waals surface area contributed by atoms with Gasteiger partial charge in [-0.2, -0.15) is 0 Å². The fourth-order valence-electron chi connectivity index (χ4n) is 5.37. The van der Waals surface area contributed by atoms with Gasteiger partial charge < -0.3 is 24.8 Å². The fraction of sp³-hybridized carbons (Fsp3) is 0.424. The highest BCUT2D eigenvalue weighted by atomic mass is 16.5. The monoisotopic (exact) mass is 532 g/mol. The largest absolute Gasteiger partial charge is 0.504 e. The Balaban J connectivity index is 1.42. The predicted octanol–water partition coefficient (Wildman–Crippen LogP) is 6.17. The molecule has 0 spiro atoms. The molecule has 1 fully saturated rings. The number of aromatic hydroxyl groups is 2. The van der Waals surface area contributed by atoms with Crippen LogP contribution < -0.4 is 9.47 Å². The molecule has 1 saturated carbocycles. The average molecular weight is 533 g/mol. The van der Waals surface area contributed by atoms with Gasteiger partial charge in [0, 0.05) is 12.8 Å². The van der Waals surface area contributed by atoms with E-state index in [4.69, 9.17) is 9.47 Å². The maximum Gasteiger partial charge on any atom is 0.161 e. The molecule has 3 N–H and O–H groups in total. The molecule has 2 atom stereocenters. The Bertz CT molecular complexity index is 1200. The van der Waals surface area contributed by atoms with E-state index in [9.17, 15) is 20.1 Å². The van der Waals surface area contributed by atoms with Crippen LogP contribution in [0.25, 0.3) is 0 Å². The Labute approximate surface area is 231 Å². The minimum Gasteiger partial charge on any atom is -0.504 e. The lowest BCUT2D eigenvalue weighted by atomic mass is 9.85. The number of phenols is 2. The van der Waals surface area contributed by atoms with Gasteiger partial charge in [0.15, 0.2) is 23.0 Å². The van der Waals surface area contributed by atoms with Crippen molar-refractivity contribution in [3.05, 3.63) is 83.4 Å². The molecule has 6 heteroatoms. The minimum atomic E-state index is -0.816. The number of hydrogen-bond donors (Lipinski definition) is 3. The van der Waals surface area contributed by atoms with E-state index < -0.39 is 6.10 Å². The SMILES string of the molecule is COc1cc(CCC(=O)CC(O)C(Cc2ccccc2)Cc2ccc(O)c(OC3CCCCC3)c2)ccc1O. The second-order valence-corrected chi connectivity index (χ2v) is 10.7. The molecule has 1 aliphatic rings. The van der Waals surface area contributed by atoms with Crippen molar-refractivity contribution < 1.29 is 29.6 Å². The Kier molecular flexibility index (Phi) is 10.3. The first kappa shape index (κ1) is 28.5. The number of carbonyl (C=O) groups is 1. The molecule has 2 unspecified atom stereocenters. The van der Waals surface area contributed by atoms with E-state index in [-0.39, 0.29) is 35.7 Å². The van der Waals surface area contributed by atoms with Crippen molar-refractivity contribution in [3.63, 3.8) is 0 Å². The second kappa shape index (κ2) is 14.0. The first-order chi connectivity index (χ1) is 18.9. The predicted molar refractivity (Wildman–Crippen MR) is 152 cm³/mol. The number of aliphatic hydroxyl groups excluding tert-OH is 1. The molecule has 6 nitrogen and oxygen atoms in total. The van der Waals surface area contributed by atoms with Crippen LogP contribution in [0.1, 0.15) is 61.6 Å². The van der Waals surface area contributed by atoms with Gasteiger partial charge in [0.25, 0.3) is 0 Å². The van der Waals surface area contributed by atoms with E-state index >= 15 is 0 Å². The Morgan fingerprint density at radius 3 is 2.21 bits per heavy atom. The lowest BCUT2D eigenvalue weighted by Gasteiger charge is -2.25. The number of benzene rings is 3. The maximum absolute atomic E-state index is 12.9. The Hall–Kier alpha value is -3.51. The van der Waals surface area contributed by atoms with Crippen LogP contribution in [0, 0.1) is 5.92 Å². The summed E-state index contributed by atoms with van der Waals surface area (Å²) in [7, 11) is 1.49. The van der Waals surface area contributed by atoms with Crippen molar-refractivity contribution in [2.24, 2.45) is 5.92 Å². The molecule has 0 heterocycles. The quantitative estimate of drug-likeness (QED) is 0.244. The molecule has 4 rings (SSSR count). The summed E-state index contributed by atoms with van der Waals surface area (Å²) in [6, 6.07) is 20.5. The Morgan fingerprint density at radius 2 is 1.49 bits per heavy atom. The van der Waals surface area contributed by atoms with Crippen LogP contribution >= 0.6 is 0 Å². The minimum absolute atomic E-state index is 0.0142. The van der Waals surface area contributed by atoms with E-state index in [1.165, 1.54) is 13.5 Å². The number of aliphatic hydroxyl groups is 1. The number of ether oxygens (including phenoxy) is 2. The zero-order chi connectivity index (χ0) is 27.6. The summed E-state index contributed by atoms with van der Waals surface area (Å²) in [6.07, 6.45) is 6.87. The number of hydrogen-bond acceptors (Lipinski definition) is 6. The normalized spacial score (nSPS) is 15.4. The van der Waals surface area contributed by atoms with E-state index in [0.717, 1.165) is 42.4 Å². The van der Waals surface area contributed by atoms with Gasteiger partial charge in [-0.05, 0) is 91.8 Å². The molecule has 3 aromatic carbocycles. The van der Waals surface area contributed by atoms with Crippen molar-refractivity contribution in [2.45, 2.75) is 76.4 Å². The number of aryl methyl sites for hydroxylation is 1. The zero-order valence-corrected chi connectivity index (χ0v) is 22.7. The van der Waals surface area contributed by atoms with Gasteiger partial charge in [0.05, 0.1) is 19.3 Å². The summed E-state index contributed by atoms with van der Waals surface area (Å²) in [5.74, 6) is 0.868. The second-order valence-electron chi connectivity index (χ2n) is 10.7. The third kappa shape index (κ3) is 8.49. The van der Waals surface area contributed by atoms with Crippen LogP contribution in [0.2, 0.25) is 0 Å². The van der Waals surface area contributed by atoms with Gasteiger partial charge in [0.2, 0.25) is 0 Å². The van der Waals surface area contributed by atoms with Crippen LogP contribution in [0.4, 0.5) is 0 Å². The molecule has 208 valence electrons. The van der Waals surface area contributed by atoms with Gasteiger partial charge >= 0.3 is 0 Å². The number of methoxy groups -OCH3 is 1. The number of ketones is 1. The summed E-state index contributed by atoms with van der Waals surface area (Å²) in [5, 5.41) is 31.5. The van der Waals surface area contributed by atoms with Gasteiger partial charge in [-0.15, -0.1) is 0 Å². The standard InChI is InChI=1S/C33H40O6/c1-38-32-20-24(13-16-29(32)35)12-15-27(34)22-31(37)26(18-23-8-4-2-5-9-23)19-25-14-17-30(36)33(21-25)39-28-10-6-3-7-11-28/h2,4-5,8-9,13-14,16-17,20-21,26,28,31,35-37H,3,6-7,10-12,15,18-19,22H2,1H3. The molecule has 3 aromatic rings. The Morgan fingerprint density at radius 1 is 0.846 bits per heavy atom. The molecule has 1 aliphatic carbocycles. The van der Waals surface area contributed by atoms with Crippen molar-refractivity contribution in [1.82, 2.24) is 0 Å². The van der Waals surface area contributed by atoms with Gasteiger partial charge in [-0.3, -0.25) is 4.79 Å². The van der Waals surface area contributed by atoms with E-state index in [0.29, 0.717) is 37.2 Å². The van der Waals surface area contributed by atoms with Crippen LogP contribution in [-0.2, 0) is 24.1 Å². The van der Waals surface area contributed by atoms with Crippen LogP contribution in [0.5, 0.6) is 23.0 Å². The van der Waals surface area contributed by atoms with Crippen molar-refractivity contribution in [1.29, 1.82) is 0 Å². The van der Waals surface area contributed by atoms with Crippen LogP contribution in [0.15, 0.2) is 66.7 Å². The van der Waals surface area contributed by atoms with Crippen molar-refractivity contribution in [2.75, 3.05) is 7.11 Å². The first-order valence-corrected chi connectivity index (χ1v) is 14.0. The van der Waals surface area contributed by atoms with Crippen LogP contribution in [-0.4, -0.2) is 40.4 Å². The lowest BCUT2D eigenvalue weighted by molar-refractivity contribution is -0.121. The van der Waals surface area contributed by atoms with Crippen molar-refractivity contribution in [3.8, 4) is 23.0 Å². The van der Waals surface area contributed by atoms with E-state index in [1.807, 2.05) is 42.5 Å². The molecule has 0 saturated heterocycles. The highest BCUT2D eigenvalue weighted by Crippen LogP contribution is 2.33. The number of carbonyl (C=O) groups excluding carboxylic acids is 1. The highest BCUT2D eigenvalue weighted by Gasteiger charge is 2.24. The van der Waals surface area contributed by atoms with Gasteiger partial charge in [0.1, 0.15) is 5.78 Å². The molecule has 0 aromatic heterocycles. The summed E-state index contributed by atoms with van der Waals surface area (Å²) in [6.45, 7) is 0. The smallest absolute Gasteiger partial charge is 0.161 e. The zero-order valence-electron chi connectivity index (χ0n) is 22.7. The summed E-state index contributed by atoms with van der Waals surface area (Å²) in [4.78, 5) is 12.9. The third-order valence-electron chi connectivity index (χ3n) is 7.63. The number of Topliss-reactive ketones (excluding diaryl/α,β-unsaturated/α-hetero) is 1. The molecular formula is C33H40O6. The number of phenolic OH excluding ortho intramolecular Hbond substituents is 2. The van der Waals surface area contributed by atoms with Crippen LogP contribution in [0.3, 0.4) is 0 Å². The van der Waals surface area contributed by atoms with E-state index in [2.05, 4.69) is 0 Å². The molecular weight excluding hydrogens is 492 g/mol. The molecule has 0 bridgehead atoms. The topological polar surface area (TPSA) is 96.2 Å². The molecule has 0 aliphatic heterocycles. The summed E-state index contributed by atoms with van der Waals surface area (Å²) >= 11 is 0. The molecule has 0 amide bonds. The number of rotatable bonds is 13. The third-order valence-corrected chi connectivity index (χ3v) is 7.63. The average Bonchev–Trinajstić information content (AvgIpc) is 2.95. The molecule has 39 heavy (non-hydrogen) atoms. The first-order valence-electron chi connectivity index (χ1n) is 14.0. The highest BCUT2D eigenvalue weighted by molar-refractivity contribution is 5.79. The van der Waals surface area contributed by atoms with Crippen molar-refractivity contribution >= 4 is 5.78 Å². The van der Waals surface area contributed by atoms with Gasteiger partial charge in [-0.1, -0.05) is 48.9 Å². The van der Waals surface area contributed by atoms with E-state index in [1.54, 1.807) is 24.3 Å². The van der Waals surface area contributed by atoms with Gasteiger partial charge in [-0.25, -0.2) is 0 Å². The lowest BCUT2D eigenvalue weighted by Crippen LogP contribution is -2.27. The summed E-state index contributed by atoms with van der Waals surface area (Å²) < 4.78 is 11.3.